The quantitative estimate of drug-likeness (QED) is 0.488. The minimum absolute atomic E-state index is 0.184. The van der Waals surface area contributed by atoms with Crippen LogP contribution in [-0.4, -0.2) is 18.0 Å². The SMILES string of the molecule is O=CC1CC1CO. The Kier molecular flexibility index (Phi) is 1.11. The van der Waals surface area contributed by atoms with Crippen LogP contribution in [0.4, 0.5) is 0 Å². The van der Waals surface area contributed by atoms with Gasteiger partial charge in [-0.05, 0) is 12.3 Å². The number of rotatable bonds is 2. The minimum atomic E-state index is 0.184. The summed E-state index contributed by atoms with van der Waals surface area (Å²) in [5.74, 6) is 0.488. The van der Waals surface area contributed by atoms with Gasteiger partial charge in [-0.15, -0.1) is 0 Å². The van der Waals surface area contributed by atoms with E-state index >= 15 is 0 Å². The Morgan fingerprint density at radius 3 is 2.71 bits per heavy atom. The van der Waals surface area contributed by atoms with E-state index in [0.717, 1.165) is 12.7 Å². The molecule has 1 N–H and O–H groups in total. The Labute approximate surface area is 42.1 Å². The summed E-state index contributed by atoms with van der Waals surface area (Å²) in [5.41, 5.74) is 0. The van der Waals surface area contributed by atoms with Crippen LogP contribution in [0.1, 0.15) is 6.42 Å². The van der Waals surface area contributed by atoms with Gasteiger partial charge in [0.05, 0.1) is 0 Å². The molecule has 1 aliphatic rings. The molecule has 0 aromatic carbocycles. The number of carbonyl (C=O) groups excluding carboxylic acids is 1. The number of aldehydes is 1. The van der Waals surface area contributed by atoms with Gasteiger partial charge in [0.1, 0.15) is 6.29 Å². The predicted molar refractivity (Wildman–Crippen MR) is 24.7 cm³/mol. The lowest BCUT2D eigenvalue weighted by molar-refractivity contribution is -0.109. The third-order valence-corrected chi connectivity index (χ3v) is 1.39. The molecule has 0 radical (unpaired) electrons. The minimum Gasteiger partial charge on any atom is -0.396 e. The summed E-state index contributed by atoms with van der Waals surface area (Å²) in [5, 5.41) is 8.35. The highest BCUT2D eigenvalue weighted by Crippen LogP contribution is 2.35. The molecule has 40 valence electrons. The number of hydrogen-bond acceptors (Lipinski definition) is 2. The second-order valence-corrected chi connectivity index (χ2v) is 1.98. The molecule has 0 aromatic heterocycles. The van der Waals surface area contributed by atoms with E-state index in [4.69, 9.17) is 5.11 Å². The molecule has 2 heteroatoms. The Hall–Kier alpha value is -0.370. The molecule has 2 atom stereocenters. The Balaban J connectivity index is 2.17. The molecule has 2 unspecified atom stereocenters. The third-order valence-electron chi connectivity index (χ3n) is 1.39. The highest BCUT2D eigenvalue weighted by atomic mass is 16.3. The van der Waals surface area contributed by atoms with Crippen LogP contribution in [0.25, 0.3) is 0 Å². The smallest absolute Gasteiger partial charge is 0.123 e. The van der Waals surface area contributed by atoms with Gasteiger partial charge in [-0.25, -0.2) is 0 Å². The molecule has 1 rings (SSSR count). The van der Waals surface area contributed by atoms with Gasteiger partial charge < -0.3 is 9.90 Å². The summed E-state index contributed by atoms with van der Waals surface area (Å²) in [6, 6.07) is 0. The van der Waals surface area contributed by atoms with Gasteiger partial charge in [-0.2, -0.15) is 0 Å². The maximum Gasteiger partial charge on any atom is 0.123 e. The van der Waals surface area contributed by atoms with Gasteiger partial charge in [0.15, 0.2) is 0 Å². The molecule has 7 heavy (non-hydrogen) atoms. The van der Waals surface area contributed by atoms with Crippen LogP contribution in [0, 0.1) is 11.8 Å². The summed E-state index contributed by atoms with van der Waals surface area (Å²) >= 11 is 0. The molecule has 2 nitrogen and oxygen atoms in total. The summed E-state index contributed by atoms with van der Waals surface area (Å²) in [6.45, 7) is 0.184. The number of hydrogen-bond donors (Lipinski definition) is 1. The summed E-state index contributed by atoms with van der Waals surface area (Å²) in [4.78, 5) is 9.83. The molecule has 0 amide bonds. The van der Waals surface area contributed by atoms with Gasteiger partial charge >= 0.3 is 0 Å². The lowest BCUT2D eigenvalue weighted by atomic mass is 10.4. The molecule has 0 bridgehead atoms. The Morgan fingerprint density at radius 1 is 1.86 bits per heavy atom. The van der Waals surface area contributed by atoms with Crippen molar-refractivity contribution in [1.29, 1.82) is 0 Å². The van der Waals surface area contributed by atoms with Gasteiger partial charge in [0.25, 0.3) is 0 Å². The van der Waals surface area contributed by atoms with Crippen molar-refractivity contribution in [3.8, 4) is 0 Å². The van der Waals surface area contributed by atoms with Crippen molar-refractivity contribution in [3.05, 3.63) is 0 Å². The maximum atomic E-state index is 9.83. The van der Waals surface area contributed by atoms with Crippen LogP contribution in [0.3, 0.4) is 0 Å². The van der Waals surface area contributed by atoms with Crippen LogP contribution in [-0.2, 0) is 4.79 Å². The molecule has 0 heterocycles. The second-order valence-electron chi connectivity index (χ2n) is 1.98. The fourth-order valence-corrected chi connectivity index (χ4v) is 0.648. The molecule has 0 aliphatic heterocycles. The van der Waals surface area contributed by atoms with Crippen LogP contribution in [0.5, 0.6) is 0 Å². The van der Waals surface area contributed by atoms with Gasteiger partial charge in [-0.3, -0.25) is 0 Å². The van der Waals surface area contributed by atoms with Crippen LogP contribution in [0.15, 0.2) is 0 Å². The second kappa shape index (κ2) is 1.62. The van der Waals surface area contributed by atoms with Gasteiger partial charge in [0, 0.05) is 12.5 Å². The highest BCUT2D eigenvalue weighted by Gasteiger charge is 2.35. The average Bonchev–Trinajstić information content (AvgIpc) is 2.43. The zero-order chi connectivity index (χ0) is 5.28. The number of aliphatic hydroxyl groups is 1. The van der Waals surface area contributed by atoms with E-state index in [0.29, 0.717) is 5.92 Å². The van der Waals surface area contributed by atoms with Crippen molar-refractivity contribution >= 4 is 6.29 Å². The number of aliphatic hydroxyl groups excluding tert-OH is 1. The van der Waals surface area contributed by atoms with Crippen molar-refractivity contribution in [2.45, 2.75) is 6.42 Å². The van der Waals surface area contributed by atoms with Crippen LogP contribution >= 0.6 is 0 Å². The first-order valence-electron chi connectivity index (χ1n) is 2.44. The van der Waals surface area contributed by atoms with Crippen LogP contribution < -0.4 is 0 Å². The summed E-state index contributed by atoms with van der Waals surface area (Å²) in [6.07, 6.45) is 1.82. The lowest BCUT2D eigenvalue weighted by Gasteiger charge is -1.78. The zero-order valence-corrected chi connectivity index (χ0v) is 4.00. The van der Waals surface area contributed by atoms with Crippen molar-refractivity contribution < 1.29 is 9.90 Å². The first-order chi connectivity index (χ1) is 3.38. The lowest BCUT2D eigenvalue weighted by Crippen LogP contribution is -1.87. The van der Waals surface area contributed by atoms with Crippen molar-refractivity contribution in [2.75, 3.05) is 6.61 Å². The molecule has 1 aliphatic carbocycles. The summed E-state index contributed by atoms with van der Waals surface area (Å²) in [7, 11) is 0. The normalized spacial score (nSPS) is 37.9. The van der Waals surface area contributed by atoms with Crippen molar-refractivity contribution in [1.82, 2.24) is 0 Å². The molecule has 1 saturated carbocycles. The Bertz CT molecular complexity index is 80.1. The third kappa shape index (κ3) is 0.800. The zero-order valence-electron chi connectivity index (χ0n) is 4.00. The van der Waals surface area contributed by atoms with E-state index in [1.165, 1.54) is 0 Å². The fourth-order valence-electron chi connectivity index (χ4n) is 0.648. The first-order valence-corrected chi connectivity index (χ1v) is 2.44. The largest absolute Gasteiger partial charge is 0.396 e. The van der Waals surface area contributed by atoms with E-state index in [-0.39, 0.29) is 12.5 Å². The fraction of sp³-hybridized carbons (Fsp3) is 0.800. The standard InChI is InChI=1S/C5H8O2/c6-2-4-1-5(4)3-7/h2,4-5,7H,1,3H2. The summed E-state index contributed by atoms with van der Waals surface area (Å²) < 4.78 is 0. The average molecular weight is 100 g/mol. The molecule has 0 spiro atoms. The molecule has 0 aromatic rings. The van der Waals surface area contributed by atoms with E-state index in [1.807, 2.05) is 0 Å². The Morgan fingerprint density at radius 2 is 2.57 bits per heavy atom. The van der Waals surface area contributed by atoms with Crippen LogP contribution in [0.2, 0.25) is 0 Å². The van der Waals surface area contributed by atoms with E-state index < -0.39 is 0 Å². The van der Waals surface area contributed by atoms with Gasteiger partial charge in [-0.1, -0.05) is 0 Å². The first kappa shape index (κ1) is 4.78. The van der Waals surface area contributed by atoms with E-state index in [1.54, 1.807) is 0 Å². The molecule has 0 saturated heterocycles. The number of carbonyl (C=O) groups is 1. The molecule has 1 fully saturated rings. The monoisotopic (exact) mass is 100 g/mol. The van der Waals surface area contributed by atoms with E-state index in [9.17, 15) is 4.79 Å². The van der Waals surface area contributed by atoms with Crippen molar-refractivity contribution in [2.24, 2.45) is 11.8 Å². The molecular formula is C5H8O2. The van der Waals surface area contributed by atoms with Gasteiger partial charge in [0.2, 0.25) is 0 Å². The predicted octanol–water partition coefficient (Wildman–Crippen LogP) is -0.186. The van der Waals surface area contributed by atoms with Crippen molar-refractivity contribution in [3.63, 3.8) is 0 Å². The molecular weight excluding hydrogens is 92.1 g/mol. The maximum absolute atomic E-state index is 9.83. The highest BCUT2D eigenvalue weighted by molar-refractivity contribution is 5.58. The van der Waals surface area contributed by atoms with E-state index in [2.05, 4.69) is 0 Å². The topological polar surface area (TPSA) is 37.3 Å².